The number of aryl methyl sites for hydroxylation is 1. The van der Waals surface area contributed by atoms with Gasteiger partial charge in [0.25, 0.3) is 0 Å². The molecule has 0 saturated carbocycles. The van der Waals surface area contributed by atoms with Crippen LogP contribution in [0.5, 0.6) is 0 Å². The van der Waals surface area contributed by atoms with Crippen LogP contribution < -0.4 is 5.73 Å². The van der Waals surface area contributed by atoms with E-state index in [9.17, 15) is 0 Å². The van der Waals surface area contributed by atoms with Gasteiger partial charge in [0.1, 0.15) is 17.3 Å². The summed E-state index contributed by atoms with van der Waals surface area (Å²) in [7, 11) is 0. The molecule has 0 atom stereocenters. The predicted molar refractivity (Wildman–Crippen MR) is 54.8 cm³/mol. The van der Waals surface area contributed by atoms with Crippen molar-refractivity contribution in [1.29, 1.82) is 0 Å². The van der Waals surface area contributed by atoms with Crippen LogP contribution in [-0.2, 0) is 6.42 Å². The third kappa shape index (κ3) is 1.28. The van der Waals surface area contributed by atoms with Crippen LogP contribution in [0.2, 0.25) is 0 Å². The molecule has 0 spiro atoms. The van der Waals surface area contributed by atoms with E-state index in [4.69, 9.17) is 10.2 Å². The Kier molecular flexibility index (Phi) is 2.04. The number of anilines is 1. The summed E-state index contributed by atoms with van der Waals surface area (Å²) in [5, 5.41) is 6.78. The van der Waals surface area contributed by atoms with E-state index in [1.807, 2.05) is 19.1 Å². The Hall–Kier alpha value is -1.71. The van der Waals surface area contributed by atoms with Gasteiger partial charge in [-0.05, 0) is 19.1 Å². The number of nitrogens with zero attached hydrogens (tertiary/aromatic N) is 1. The van der Waals surface area contributed by atoms with E-state index >= 15 is 0 Å². The van der Waals surface area contributed by atoms with Crippen molar-refractivity contribution in [2.75, 3.05) is 5.73 Å². The standard InChI is InChI=1S/C10H13N3O/c1-3-7-4-5-8(14-7)9-6(2)10(11)13-12-9/h4-5H,3H2,1-2H3,(H3,11,12,13). The van der Waals surface area contributed by atoms with Crippen molar-refractivity contribution in [2.24, 2.45) is 0 Å². The van der Waals surface area contributed by atoms with Crippen LogP contribution in [-0.4, -0.2) is 10.2 Å². The number of aromatic amines is 1. The van der Waals surface area contributed by atoms with Crippen LogP contribution in [0.1, 0.15) is 18.2 Å². The zero-order valence-electron chi connectivity index (χ0n) is 8.29. The summed E-state index contributed by atoms with van der Waals surface area (Å²) in [5.41, 5.74) is 7.43. The summed E-state index contributed by atoms with van der Waals surface area (Å²) in [6, 6.07) is 3.89. The highest BCUT2D eigenvalue weighted by Crippen LogP contribution is 2.26. The summed E-state index contributed by atoms with van der Waals surface area (Å²) in [4.78, 5) is 0. The molecule has 0 bridgehead atoms. The molecule has 0 radical (unpaired) electrons. The quantitative estimate of drug-likeness (QED) is 0.764. The normalized spacial score (nSPS) is 10.7. The number of rotatable bonds is 2. The summed E-state index contributed by atoms with van der Waals surface area (Å²) in [6.07, 6.45) is 0.892. The van der Waals surface area contributed by atoms with Gasteiger partial charge in [-0.2, -0.15) is 5.10 Å². The minimum atomic E-state index is 0.523. The van der Waals surface area contributed by atoms with Crippen LogP contribution in [0.15, 0.2) is 16.5 Å². The van der Waals surface area contributed by atoms with E-state index in [0.29, 0.717) is 5.82 Å². The molecule has 2 aromatic rings. The molecule has 0 aliphatic carbocycles. The first kappa shape index (κ1) is 8.87. The van der Waals surface area contributed by atoms with Crippen molar-refractivity contribution in [3.63, 3.8) is 0 Å². The zero-order chi connectivity index (χ0) is 10.1. The third-order valence-corrected chi connectivity index (χ3v) is 2.30. The predicted octanol–water partition coefficient (Wildman–Crippen LogP) is 2.12. The molecule has 0 aromatic carbocycles. The zero-order valence-corrected chi connectivity index (χ0v) is 8.29. The average Bonchev–Trinajstić information content (AvgIpc) is 2.75. The highest BCUT2D eigenvalue weighted by atomic mass is 16.3. The number of hydrogen-bond acceptors (Lipinski definition) is 3. The van der Waals surface area contributed by atoms with E-state index in [0.717, 1.165) is 29.2 Å². The largest absolute Gasteiger partial charge is 0.459 e. The van der Waals surface area contributed by atoms with E-state index in [1.165, 1.54) is 0 Å². The fourth-order valence-electron chi connectivity index (χ4n) is 1.35. The van der Waals surface area contributed by atoms with Gasteiger partial charge in [0.2, 0.25) is 0 Å². The minimum absolute atomic E-state index is 0.523. The Labute approximate surface area is 82.1 Å². The maximum Gasteiger partial charge on any atom is 0.152 e. The fraction of sp³-hybridized carbons (Fsp3) is 0.300. The van der Waals surface area contributed by atoms with Gasteiger partial charge in [-0.15, -0.1) is 0 Å². The summed E-state index contributed by atoms with van der Waals surface area (Å²) in [5.74, 6) is 2.28. The van der Waals surface area contributed by atoms with Crippen LogP contribution in [0.4, 0.5) is 5.82 Å². The fourth-order valence-corrected chi connectivity index (χ4v) is 1.35. The second kappa shape index (κ2) is 3.21. The van der Waals surface area contributed by atoms with Gasteiger partial charge in [-0.3, -0.25) is 5.10 Å². The molecule has 0 saturated heterocycles. The van der Waals surface area contributed by atoms with E-state index in [2.05, 4.69) is 17.1 Å². The van der Waals surface area contributed by atoms with Gasteiger partial charge < -0.3 is 10.2 Å². The Morgan fingerprint density at radius 3 is 2.79 bits per heavy atom. The highest BCUT2D eigenvalue weighted by Gasteiger charge is 2.11. The second-order valence-corrected chi connectivity index (χ2v) is 3.23. The van der Waals surface area contributed by atoms with Gasteiger partial charge in [-0.1, -0.05) is 6.92 Å². The molecule has 74 valence electrons. The topological polar surface area (TPSA) is 67.8 Å². The molecule has 0 unspecified atom stereocenters. The Bertz CT molecular complexity index is 442. The van der Waals surface area contributed by atoms with E-state index in [1.54, 1.807) is 0 Å². The molecule has 0 fully saturated rings. The maximum atomic E-state index is 5.63. The molecule has 0 aliphatic heterocycles. The molecule has 2 aromatic heterocycles. The first-order chi connectivity index (χ1) is 6.72. The lowest BCUT2D eigenvalue weighted by molar-refractivity contribution is 0.527. The van der Waals surface area contributed by atoms with Crippen molar-refractivity contribution in [3.8, 4) is 11.5 Å². The summed E-state index contributed by atoms with van der Waals surface area (Å²) >= 11 is 0. The molecule has 3 N–H and O–H groups in total. The highest BCUT2D eigenvalue weighted by molar-refractivity contribution is 5.63. The molecule has 2 heterocycles. The van der Waals surface area contributed by atoms with Gasteiger partial charge in [-0.25, -0.2) is 0 Å². The average molecular weight is 191 g/mol. The maximum absolute atomic E-state index is 5.63. The van der Waals surface area contributed by atoms with E-state index < -0.39 is 0 Å². The van der Waals surface area contributed by atoms with Crippen LogP contribution >= 0.6 is 0 Å². The van der Waals surface area contributed by atoms with E-state index in [-0.39, 0.29) is 0 Å². The lowest BCUT2D eigenvalue weighted by Crippen LogP contribution is -1.85. The van der Waals surface area contributed by atoms with Crippen LogP contribution in [0.3, 0.4) is 0 Å². The smallest absolute Gasteiger partial charge is 0.152 e. The number of hydrogen-bond donors (Lipinski definition) is 2. The monoisotopic (exact) mass is 191 g/mol. The molecule has 0 amide bonds. The second-order valence-electron chi connectivity index (χ2n) is 3.23. The number of nitrogens with two attached hydrogens (primary N) is 1. The van der Waals surface area contributed by atoms with Crippen LogP contribution in [0, 0.1) is 6.92 Å². The van der Waals surface area contributed by atoms with Crippen molar-refractivity contribution >= 4 is 5.82 Å². The number of furan rings is 1. The van der Waals surface area contributed by atoms with Crippen molar-refractivity contribution in [2.45, 2.75) is 20.3 Å². The van der Waals surface area contributed by atoms with Crippen LogP contribution in [0.25, 0.3) is 11.5 Å². The lowest BCUT2D eigenvalue weighted by Gasteiger charge is -1.93. The summed E-state index contributed by atoms with van der Waals surface area (Å²) in [6.45, 7) is 3.97. The molecular formula is C10H13N3O. The SMILES string of the molecule is CCc1ccc(-c2[nH]nc(N)c2C)o1. The number of nitrogen functional groups attached to an aromatic ring is 1. The minimum Gasteiger partial charge on any atom is -0.459 e. The van der Waals surface area contributed by atoms with Crippen molar-refractivity contribution in [3.05, 3.63) is 23.5 Å². The number of aromatic nitrogens is 2. The Balaban J connectivity index is 2.44. The van der Waals surface area contributed by atoms with Gasteiger partial charge in [0.15, 0.2) is 5.76 Å². The van der Waals surface area contributed by atoms with Gasteiger partial charge in [0, 0.05) is 12.0 Å². The number of H-pyrrole nitrogens is 1. The first-order valence-corrected chi connectivity index (χ1v) is 4.62. The molecule has 4 nitrogen and oxygen atoms in total. The van der Waals surface area contributed by atoms with Crippen molar-refractivity contribution < 1.29 is 4.42 Å². The first-order valence-electron chi connectivity index (χ1n) is 4.62. The number of nitrogens with one attached hydrogen (secondary N) is 1. The third-order valence-electron chi connectivity index (χ3n) is 2.30. The Morgan fingerprint density at radius 2 is 2.29 bits per heavy atom. The van der Waals surface area contributed by atoms with Crippen molar-refractivity contribution in [1.82, 2.24) is 10.2 Å². The van der Waals surface area contributed by atoms with Gasteiger partial charge in [0.05, 0.1) is 0 Å². The Morgan fingerprint density at radius 1 is 1.50 bits per heavy atom. The summed E-state index contributed by atoms with van der Waals surface area (Å²) < 4.78 is 5.59. The molecule has 4 heteroatoms. The molecule has 14 heavy (non-hydrogen) atoms. The van der Waals surface area contributed by atoms with Gasteiger partial charge >= 0.3 is 0 Å². The lowest BCUT2D eigenvalue weighted by atomic mass is 10.2. The molecular weight excluding hydrogens is 178 g/mol. The molecule has 0 aliphatic rings. The molecule has 2 rings (SSSR count).